The number of hydrogen-bond donors (Lipinski definition) is 2. The summed E-state index contributed by atoms with van der Waals surface area (Å²) in [6, 6.07) is 10.7. The highest BCUT2D eigenvalue weighted by Crippen LogP contribution is 2.22. The number of hydrogen-bond acceptors (Lipinski definition) is 3. The van der Waals surface area contributed by atoms with E-state index in [9.17, 15) is 9.90 Å². The van der Waals surface area contributed by atoms with Crippen molar-refractivity contribution in [1.82, 2.24) is 5.43 Å². The molecule has 120 valence electrons. The predicted octanol–water partition coefficient (Wildman–Crippen LogP) is 3.75. The van der Waals surface area contributed by atoms with Crippen molar-refractivity contribution in [3.05, 3.63) is 63.7 Å². The lowest BCUT2D eigenvalue weighted by Gasteiger charge is -2.07. The van der Waals surface area contributed by atoms with Crippen LogP contribution in [0.15, 0.2) is 41.5 Å². The van der Waals surface area contributed by atoms with E-state index < -0.39 is 0 Å². The van der Waals surface area contributed by atoms with Gasteiger partial charge in [0.05, 0.1) is 12.1 Å². The summed E-state index contributed by atoms with van der Waals surface area (Å²) in [6.45, 7) is 5.69. The molecule has 1 amide bonds. The molecule has 2 N–H and O–H groups in total. The Labute approximate surface area is 140 Å². The van der Waals surface area contributed by atoms with E-state index in [1.807, 2.05) is 32.0 Å². The van der Waals surface area contributed by atoms with Gasteiger partial charge in [-0.1, -0.05) is 35.4 Å². The Kier molecular flexibility index (Phi) is 5.40. The van der Waals surface area contributed by atoms with Crippen LogP contribution in [0, 0.1) is 13.8 Å². The van der Waals surface area contributed by atoms with Crippen LogP contribution in [0.25, 0.3) is 0 Å². The number of benzene rings is 2. The second kappa shape index (κ2) is 7.29. The first-order valence-electron chi connectivity index (χ1n) is 7.25. The summed E-state index contributed by atoms with van der Waals surface area (Å²) in [5, 5.41) is 14.3. The average molecular weight is 331 g/mol. The van der Waals surface area contributed by atoms with E-state index in [1.54, 1.807) is 19.1 Å². The Morgan fingerprint density at radius 2 is 1.96 bits per heavy atom. The van der Waals surface area contributed by atoms with E-state index in [0.717, 1.165) is 16.7 Å². The summed E-state index contributed by atoms with van der Waals surface area (Å²) in [5.74, 6) is -0.142. The fourth-order valence-electron chi connectivity index (χ4n) is 2.26. The Hall–Kier alpha value is -2.33. The second-order valence-electron chi connectivity index (χ2n) is 5.50. The summed E-state index contributed by atoms with van der Waals surface area (Å²) < 4.78 is 0. The zero-order valence-corrected chi connectivity index (χ0v) is 14.1. The number of hydrazone groups is 1. The van der Waals surface area contributed by atoms with Crippen LogP contribution in [-0.4, -0.2) is 16.7 Å². The molecule has 2 rings (SSSR count). The molecule has 0 fully saturated rings. The van der Waals surface area contributed by atoms with E-state index >= 15 is 0 Å². The molecule has 0 aliphatic rings. The highest BCUT2D eigenvalue weighted by atomic mass is 35.5. The molecule has 2 aromatic rings. The van der Waals surface area contributed by atoms with Crippen LogP contribution in [0.2, 0.25) is 5.02 Å². The maximum absolute atomic E-state index is 12.0. The van der Waals surface area contributed by atoms with Gasteiger partial charge in [-0.15, -0.1) is 0 Å². The van der Waals surface area contributed by atoms with Gasteiger partial charge < -0.3 is 5.11 Å². The third-order valence-corrected chi connectivity index (χ3v) is 3.78. The molecule has 4 nitrogen and oxygen atoms in total. The molecule has 0 bridgehead atoms. The van der Waals surface area contributed by atoms with Crippen molar-refractivity contribution in [2.45, 2.75) is 27.2 Å². The molecule has 0 heterocycles. The lowest BCUT2D eigenvalue weighted by Crippen LogP contribution is -2.21. The van der Waals surface area contributed by atoms with Crippen molar-refractivity contribution in [2.24, 2.45) is 5.10 Å². The Bertz CT molecular complexity index is 770. The van der Waals surface area contributed by atoms with Crippen molar-refractivity contribution in [3.63, 3.8) is 0 Å². The summed E-state index contributed by atoms with van der Waals surface area (Å²) in [4.78, 5) is 12.0. The molecule has 0 aliphatic heterocycles. The van der Waals surface area contributed by atoms with Crippen LogP contribution in [0.3, 0.4) is 0 Å². The van der Waals surface area contributed by atoms with Gasteiger partial charge in [0.25, 0.3) is 0 Å². The molecule has 0 unspecified atom stereocenters. The Balaban J connectivity index is 2.06. The maximum atomic E-state index is 12.0. The lowest BCUT2D eigenvalue weighted by molar-refractivity contribution is -0.120. The fourth-order valence-corrected chi connectivity index (χ4v) is 2.43. The van der Waals surface area contributed by atoms with Crippen LogP contribution >= 0.6 is 11.6 Å². The SMILES string of the molecule is C/C(=N/NC(=O)Cc1ccc(C)cc1C)c1cc(Cl)ccc1O. The number of phenolic OH excluding ortho intramolecular Hbond substituents is 1. The Morgan fingerprint density at radius 3 is 2.65 bits per heavy atom. The van der Waals surface area contributed by atoms with Crippen molar-refractivity contribution in [1.29, 1.82) is 0 Å². The number of nitrogens with zero attached hydrogens (tertiary/aromatic N) is 1. The quantitative estimate of drug-likeness (QED) is 0.662. The molecule has 0 spiro atoms. The minimum Gasteiger partial charge on any atom is -0.507 e. The summed E-state index contributed by atoms with van der Waals surface area (Å²) in [5.41, 5.74) is 6.69. The van der Waals surface area contributed by atoms with Gasteiger partial charge in [0.1, 0.15) is 5.75 Å². The Morgan fingerprint density at radius 1 is 1.22 bits per heavy atom. The zero-order valence-electron chi connectivity index (χ0n) is 13.4. The van der Waals surface area contributed by atoms with Crippen LogP contribution < -0.4 is 5.43 Å². The van der Waals surface area contributed by atoms with Crippen LogP contribution in [0.4, 0.5) is 0 Å². The molecule has 23 heavy (non-hydrogen) atoms. The van der Waals surface area contributed by atoms with Gasteiger partial charge in [0.2, 0.25) is 5.91 Å². The first-order valence-corrected chi connectivity index (χ1v) is 7.63. The molecular weight excluding hydrogens is 312 g/mol. The number of aromatic hydroxyl groups is 1. The topological polar surface area (TPSA) is 61.7 Å². The molecule has 0 aliphatic carbocycles. The number of phenols is 1. The van der Waals surface area contributed by atoms with Gasteiger partial charge in [0, 0.05) is 10.6 Å². The first-order chi connectivity index (χ1) is 10.9. The number of nitrogens with one attached hydrogen (secondary N) is 1. The van der Waals surface area contributed by atoms with E-state index in [2.05, 4.69) is 10.5 Å². The lowest BCUT2D eigenvalue weighted by atomic mass is 10.0. The largest absolute Gasteiger partial charge is 0.507 e. The van der Waals surface area contributed by atoms with Crippen LogP contribution in [-0.2, 0) is 11.2 Å². The minimum atomic E-state index is -0.210. The van der Waals surface area contributed by atoms with Gasteiger partial charge in [-0.25, -0.2) is 5.43 Å². The first kappa shape index (κ1) is 17.0. The summed E-state index contributed by atoms with van der Waals surface area (Å²) in [6.07, 6.45) is 0.254. The molecule has 0 saturated heterocycles. The second-order valence-corrected chi connectivity index (χ2v) is 5.94. The average Bonchev–Trinajstić information content (AvgIpc) is 2.50. The van der Waals surface area contributed by atoms with E-state index in [0.29, 0.717) is 16.3 Å². The number of amides is 1. The highest BCUT2D eigenvalue weighted by molar-refractivity contribution is 6.31. The molecule has 5 heteroatoms. The van der Waals surface area contributed by atoms with Crippen molar-refractivity contribution in [2.75, 3.05) is 0 Å². The molecule has 0 radical (unpaired) electrons. The van der Waals surface area contributed by atoms with Crippen molar-refractivity contribution in [3.8, 4) is 5.75 Å². The van der Waals surface area contributed by atoms with Gasteiger partial charge in [-0.3, -0.25) is 4.79 Å². The number of rotatable bonds is 4. The summed E-state index contributed by atoms with van der Waals surface area (Å²) in [7, 11) is 0. The standard InChI is InChI=1S/C18H19ClN2O2/c1-11-4-5-14(12(2)8-11)9-18(23)21-20-13(3)16-10-15(19)6-7-17(16)22/h4-8,10,22H,9H2,1-3H3,(H,21,23)/b20-13-. The van der Waals surface area contributed by atoms with Crippen molar-refractivity contribution < 1.29 is 9.90 Å². The minimum absolute atomic E-state index is 0.0688. The monoisotopic (exact) mass is 330 g/mol. The highest BCUT2D eigenvalue weighted by Gasteiger charge is 2.08. The molecule has 0 saturated carbocycles. The van der Waals surface area contributed by atoms with Gasteiger partial charge in [-0.05, 0) is 50.1 Å². The molecule has 0 atom stereocenters. The smallest absolute Gasteiger partial charge is 0.244 e. The number of carbonyl (C=O) groups is 1. The van der Waals surface area contributed by atoms with Crippen LogP contribution in [0.1, 0.15) is 29.2 Å². The predicted molar refractivity (Wildman–Crippen MR) is 93.1 cm³/mol. The van der Waals surface area contributed by atoms with Crippen molar-refractivity contribution >= 4 is 23.2 Å². The normalized spacial score (nSPS) is 11.4. The number of carbonyl (C=O) groups excluding carboxylic acids is 1. The molecule has 0 aromatic heterocycles. The third-order valence-electron chi connectivity index (χ3n) is 3.55. The van der Waals surface area contributed by atoms with Gasteiger partial charge in [0.15, 0.2) is 0 Å². The van der Waals surface area contributed by atoms with Crippen LogP contribution in [0.5, 0.6) is 5.75 Å². The fraction of sp³-hybridized carbons (Fsp3) is 0.222. The van der Waals surface area contributed by atoms with E-state index in [1.165, 1.54) is 6.07 Å². The van der Waals surface area contributed by atoms with E-state index in [4.69, 9.17) is 11.6 Å². The van der Waals surface area contributed by atoms with Gasteiger partial charge in [-0.2, -0.15) is 5.10 Å². The number of aryl methyl sites for hydroxylation is 2. The third kappa shape index (κ3) is 4.57. The maximum Gasteiger partial charge on any atom is 0.244 e. The summed E-state index contributed by atoms with van der Waals surface area (Å²) >= 11 is 5.91. The number of halogens is 1. The van der Waals surface area contributed by atoms with Gasteiger partial charge >= 0.3 is 0 Å². The molecular formula is C18H19ClN2O2. The zero-order chi connectivity index (χ0) is 17.0. The molecule has 2 aromatic carbocycles. The van der Waals surface area contributed by atoms with E-state index in [-0.39, 0.29) is 18.1 Å².